The van der Waals surface area contributed by atoms with E-state index in [2.05, 4.69) is 45.0 Å². The van der Waals surface area contributed by atoms with Gasteiger partial charge in [0, 0.05) is 5.92 Å². The van der Waals surface area contributed by atoms with Gasteiger partial charge in [0.15, 0.2) is 6.29 Å². The smallest absolute Gasteiger partial charge is 0.165 e. The summed E-state index contributed by atoms with van der Waals surface area (Å²) >= 11 is 0. The van der Waals surface area contributed by atoms with E-state index in [-0.39, 0.29) is 17.8 Å². The quantitative estimate of drug-likeness (QED) is 0.778. The summed E-state index contributed by atoms with van der Waals surface area (Å²) < 4.78 is 11.7. The lowest BCUT2D eigenvalue weighted by atomic mass is 10.0. The summed E-state index contributed by atoms with van der Waals surface area (Å²) in [6, 6.07) is 10.4. The van der Waals surface area contributed by atoms with E-state index >= 15 is 0 Å². The Balaban J connectivity index is 2.05. The lowest BCUT2D eigenvalue weighted by molar-refractivity contribution is -0.0966. The lowest BCUT2D eigenvalue weighted by Gasteiger charge is -2.23. The van der Waals surface area contributed by atoms with Crippen molar-refractivity contribution >= 4 is 0 Å². The third-order valence-electron chi connectivity index (χ3n) is 3.44. The number of ether oxygens (including phenoxy) is 2. The zero-order valence-corrected chi connectivity index (χ0v) is 10.3. The highest BCUT2D eigenvalue weighted by molar-refractivity contribution is 5.19. The minimum Gasteiger partial charge on any atom is -0.349 e. The average Bonchev–Trinajstić information content (AvgIpc) is 2.73. The van der Waals surface area contributed by atoms with E-state index in [9.17, 15) is 0 Å². The summed E-state index contributed by atoms with van der Waals surface area (Å²) in [7, 11) is 0. The number of rotatable bonds is 3. The average molecular weight is 220 g/mol. The van der Waals surface area contributed by atoms with Crippen LogP contribution in [0.4, 0.5) is 0 Å². The monoisotopic (exact) mass is 220 g/mol. The molecule has 0 amide bonds. The zero-order chi connectivity index (χ0) is 11.6. The summed E-state index contributed by atoms with van der Waals surface area (Å²) in [6.45, 7) is 7.11. The summed E-state index contributed by atoms with van der Waals surface area (Å²) in [5, 5.41) is 0. The van der Waals surface area contributed by atoms with Crippen LogP contribution in [0.2, 0.25) is 0 Å². The first kappa shape index (κ1) is 11.6. The number of hydrogen-bond donors (Lipinski definition) is 0. The Hall–Kier alpha value is -0.860. The van der Waals surface area contributed by atoms with Gasteiger partial charge >= 0.3 is 0 Å². The molecule has 1 aliphatic heterocycles. The van der Waals surface area contributed by atoms with E-state index < -0.39 is 0 Å². The van der Waals surface area contributed by atoms with Crippen molar-refractivity contribution in [2.75, 3.05) is 6.61 Å². The van der Waals surface area contributed by atoms with Crippen molar-refractivity contribution in [2.24, 2.45) is 0 Å². The maximum absolute atomic E-state index is 5.99. The predicted octanol–water partition coefficient (Wildman–Crippen LogP) is 3.33. The van der Waals surface area contributed by atoms with Gasteiger partial charge in [-0.3, -0.25) is 0 Å². The van der Waals surface area contributed by atoms with Crippen LogP contribution in [0.15, 0.2) is 30.3 Å². The van der Waals surface area contributed by atoms with Crippen LogP contribution >= 0.6 is 0 Å². The Morgan fingerprint density at radius 2 is 2.06 bits per heavy atom. The van der Waals surface area contributed by atoms with E-state index in [1.807, 2.05) is 6.07 Å². The van der Waals surface area contributed by atoms with Crippen LogP contribution in [0.1, 0.15) is 38.7 Å². The van der Waals surface area contributed by atoms with Gasteiger partial charge in [0.25, 0.3) is 0 Å². The standard InChI is InChI=1S/C14H20O2/c1-4-14(3)10-15-13(16-14)11(2)12-8-6-5-7-9-12/h5-9,11,13H,4,10H2,1-3H3. The molecular weight excluding hydrogens is 200 g/mol. The van der Waals surface area contributed by atoms with Gasteiger partial charge in [0.2, 0.25) is 0 Å². The topological polar surface area (TPSA) is 18.5 Å². The molecule has 1 fully saturated rings. The molecule has 0 N–H and O–H groups in total. The minimum absolute atomic E-state index is 0.103. The third-order valence-corrected chi connectivity index (χ3v) is 3.44. The van der Waals surface area contributed by atoms with Crippen LogP contribution in [0, 0.1) is 0 Å². The highest BCUT2D eigenvalue weighted by atomic mass is 16.7. The molecule has 3 atom stereocenters. The molecule has 2 heteroatoms. The van der Waals surface area contributed by atoms with Crippen molar-refractivity contribution < 1.29 is 9.47 Å². The van der Waals surface area contributed by atoms with E-state index in [0.717, 1.165) is 6.42 Å². The molecule has 0 aromatic heterocycles. The summed E-state index contributed by atoms with van der Waals surface area (Å²) in [5.74, 6) is 0.287. The Labute approximate surface area is 97.6 Å². The van der Waals surface area contributed by atoms with E-state index in [4.69, 9.17) is 9.47 Å². The Morgan fingerprint density at radius 1 is 1.38 bits per heavy atom. The molecular formula is C14H20O2. The number of benzene rings is 1. The molecule has 1 aliphatic rings. The first-order valence-electron chi connectivity index (χ1n) is 5.99. The van der Waals surface area contributed by atoms with Crippen molar-refractivity contribution in [2.45, 2.75) is 45.0 Å². The Kier molecular flexibility index (Phi) is 3.31. The van der Waals surface area contributed by atoms with Crippen molar-refractivity contribution in [3.8, 4) is 0 Å². The van der Waals surface area contributed by atoms with Gasteiger partial charge in [0.05, 0.1) is 12.2 Å². The molecule has 1 heterocycles. The van der Waals surface area contributed by atoms with E-state index in [1.54, 1.807) is 0 Å². The minimum atomic E-state index is -0.104. The maximum atomic E-state index is 5.99. The fourth-order valence-corrected chi connectivity index (χ4v) is 1.95. The molecule has 3 unspecified atom stereocenters. The largest absolute Gasteiger partial charge is 0.349 e. The van der Waals surface area contributed by atoms with Gasteiger partial charge in [-0.15, -0.1) is 0 Å². The summed E-state index contributed by atoms with van der Waals surface area (Å²) in [5.41, 5.74) is 1.17. The van der Waals surface area contributed by atoms with Gasteiger partial charge in [-0.1, -0.05) is 44.2 Å². The molecule has 1 aromatic rings. The summed E-state index contributed by atoms with van der Waals surface area (Å²) in [4.78, 5) is 0. The first-order valence-corrected chi connectivity index (χ1v) is 5.99. The molecule has 0 aliphatic carbocycles. The van der Waals surface area contributed by atoms with Gasteiger partial charge in [-0.05, 0) is 18.9 Å². The second-order valence-corrected chi connectivity index (χ2v) is 4.80. The van der Waals surface area contributed by atoms with Crippen LogP contribution in [0.25, 0.3) is 0 Å². The SMILES string of the molecule is CCC1(C)COC(C(C)c2ccccc2)O1. The fraction of sp³-hybridized carbons (Fsp3) is 0.571. The third kappa shape index (κ3) is 2.28. The Morgan fingerprint density at radius 3 is 2.62 bits per heavy atom. The molecule has 0 radical (unpaired) electrons. The maximum Gasteiger partial charge on any atom is 0.165 e. The van der Waals surface area contributed by atoms with Crippen LogP contribution in [0.5, 0.6) is 0 Å². The highest BCUT2D eigenvalue weighted by Gasteiger charge is 2.38. The predicted molar refractivity (Wildman–Crippen MR) is 64.4 cm³/mol. The van der Waals surface area contributed by atoms with Gasteiger partial charge in [0.1, 0.15) is 0 Å². The molecule has 1 aromatic carbocycles. The lowest BCUT2D eigenvalue weighted by Crippen LogP contribution is -2.28. The molecule has 88 valence electrons. The van der Waals surface area contributed by atoms with E-state index in [1.165, 1.54) is 5.56 Å². The van der Waals surface area contributed by atoms with Gasteiger partial charge < -0.3 is 9.47 Å². The van der Waals surface area contributed by atoms with Crippen LogP contribution < -0.4 is 0 Å². The Bertz CT molecular complexity index is 336. The molecule has 16 heavy (non-hydrogen) atoms. The highest BCUT2D eigenvalue weighted by Crippen LogP contribution is 2.33. The molecule has 0 saturated carbocycles. The second-order valence-electron chi connectivity index (χ2n) is 4.80. The van der Waals surface area contributed by atoms with Crippen LogP contribution in [0.3, 0.4) is 0 Å². The molecule has 2 rings (SSSR count). The van der Waals surface area contributed by atoms with E-state index in [0.29, 0.717) is 6.61 Å². The zero-order valence-electron chi connectivity index (χ0n) is 10.3. The summed E-state index contributed by atoms with van der Waals surface area (Å²) in [6.07, 6.45) is 0.887. The van der Waals surface area contributed by atoms with Gasteiger partial charge in [-0.2, -0.15) is 0 Å². The van der Waals surface area contributed by atoms with Gasteiger partial charge in [-0.25, -0.2) is 0 Å². The fourth-order valence-electron chi connectivity index (χ4n) is 1.95. The van der Waals surface area contributed by atoms with Crippen molar-refractivity contribution in [3.63, 3.8) is 0 Å². The van der Waals surface area contributed by atoms with Crippen molar-refractivity contribution in [3.05, 3.63) is 35.9 Å². The van der Waals surface area contributed by atoms with Crippen LogP contribution in [-0.4, -0.2) is 18.5 Å². The van der Waals surface area contributed by atoms with Crippen LogP contribution in [-0.2, 0) is 9.47 Å². The van der Waals surface area contributed by atoms with Crippen molar-refractivity contribution in [1.29, 1.82) is 0 Å². The van der Waals surface area contributed by atoms with Crippen molar-refractivity contribution in [1.82, 2.24) is 0 Å². The molecule has 2 nitrogen and oxygen atoms in total. The first-order chi connectivity index (χ1) is 7.64. The molecule has 1 saturated heterocycles. The molecule has 0 spiro atoms. The number of hydrogen-bond acceptors (Lipinski definition) is 2. The normalized spacial score (nSPS) is 31.6. The second kappa shape index (κ2) is 4.56. The molecule has 0 bridgehead atoms.